The topological polar surface area (TPSA) is 26.0 Å². The Kier molecular flexibility index (Phi) is 5.12. The molecule has 0 spiro atoms. The van der Waals surface area contributed by atoms with Gasteiger partial charge in [-0.25, -0.2) is 4.39 Å². The molecule has 0 radical (unpaired) electrons. The molecular formula is C12H18FNS. The van der Waals surface area contributed by atoms with Crippen molar-refractivity contribution in [1.29, 1.82) is 0 Å². The van der Waals surface area contributed by atoms with E-state index in [9.17, 15) is 4.39 Å². The maximum atomic E-state index is 12.8. The molecule has 1 rings (SSSR count). The highest BCUT2D eigenvalue weighted by molar-refractivity contribution is 7.99. The van der Waals surface area contributed by atoms with Crippen LogP contribution in [0.25, 0.3) is 0 Å². The normalized spacial score (nSPS) is 12.8. The van der Waals surface area contributed by atoms with E-state index in [2.05, 4.69) is 6.92 Å². The van der Waals surface area contributed by atoms with Gasteiger partial charge in [0.15, 0.2) is 0 Å². The van der Waals surface area contributed by atoms with Crippen LogP contribution >= 0.6 is 11.8 Å². The van der Waals surface area contributed by atoms with Gasteiger partial charge in [-0.1, -0.05) is 13.0 Å². The molecule has 1 unspecified atom stereocenters. The van der Waals surface area contributed by atoms with Gasteiger partial charge >= 0.3 is 0 Å². The van der Waals surface area contributed by atoms with Gasteiger partial charge < -0.3 is 5.73 Å². The molecule has 15 heavy (non-hydrogen) atoms. The van der Waals surface area contributed by atoms with Crippen molar-refractivity contribution < 1.29 is 4.39 Å². The average Bonchev–Trinajstić information content (AvgIpc) is 2.17. The van der Waals surface area contributed by atoms with Gasteiger partial charge in [-0.3, -0.25) is 0 Å². The van der Waals surface area contributed by atoms with E-state index in [1.807, 2.05) is 24.8 Å². The minimum Gasteiger partial charge on any atom is -0.330 e. The van der Waals surface area contributed by atoms with Gasteiger partial charge in [-0.15, -0.1) is 0 Å². The first-order valence-electron chi connectivity index (χ1n) is 5.20. The van der Waals surface area contributed by atoms with Crippen LogP contribution in [0, 0.1) is 12.7 Å². The Balaban J connectivity index is 2.50. The lowest BCUT2D eigenvalue weighted by Gasteiger charge is -2.11. The number of halogens is 1. The molecule has 1 nitrogen and oxygen atoms in total. The lowest BCUT2D eigenvalue weighted by atomic mass is 10.1. The Bertz CT molecular complexity index is 314. The zero-order valence-corrected chi connectivity index (χ0v) is 10.1. The average molecular weight is 227 g/mol. The van der Waals surface area contributed by atoms with Crippen molar-refractivity contribution in [2.45, 2.75) is 31.3 Å². The van der Waals surface area contributed by atoms with Crippen molar-refractivity contribution >= 4 is 11.8 Å². The molecule has 84 valence electrons. The third-order valence-electron chi connectivity index (χ3n) is 2.40. The largest absolute Gasteiger partial charge is 0.330 e. The lowest BCUT2D eigenvalue weighted by Crippen LogP contribution is -2.07. The fourth-order valence-corrected chi connectivity index (χ4v) is 2.46. The van der Waals surface area contributed by atoms with Gasteiger partial charge in [0.1, 0.15) is 5.82 Å². The van der Waals surface area contributed by atoms with E-state index >= 15 is 0 Å². The van der Waals surface area contributed by atoms with Crippen molar-refractivity contribution in [2.75, 3.05) is 6.54 Å². The third kappa shape index (κ3) is 4.22. The van der Waals surface area contributed by atoms with E-state index in [0.29, 0.717) is 5.25 Å². The van der Waals surface area contributed by atoms with Crippen LogP contribution < -0.4 is 5.73 Å². The fourth-order valence-electron chi connectivity index (χ4n) is 1.37. The quantitative estimate of drug-likeness (QED) is 0.836. The zero-order valence-electron chi connectivity index (χ0n) is 9.29. The van der Waals surface area contributed by atoms with Crippen molar-refractivity contribution in [3.05, 3.63) is 35.1 Å². The number of benzene rings is 1. The van der Waals surface area contributed by atoms with E-state index in [-0.39, 0.29) is 5.82 Å². The third-order valence-corrected chi connectivity index (χ3v) is 3.68. The summed E-state index contributed by atoms with van der Waals surface area (Å²) in [7, 11) is 0. The molecule has 0 bridgehead atoms. The number of rotatable bonds is 5. The highest BCUT2D eigenvalue weighted by Crippen LogP contribution is 2.22. The van der Waals surface area contributed by atoms with Gasteiger partial charge in [0.2, 0.25) is 0 Å². The summed E-state index contributed by atoms with van der Waals surface area (Å²) in [5, 5.41) is 0.569. The lowest BCUT2D eigenvalue weighted by molar-refractivity contribution is 0.626. The summed E-state index contributed by atoms with van der Waals surface area (Å²) < 4.78 is 12.8. The SMILES string of the molecule is Cc1cc(F)ccc1CSC(C)CCN. The second kappa shape index (κ2) is 6.13. The van der Waals surface area contributed by atoms with Crippen molar-refractivity contribution in [1.82, 2.24) is 0 Å². The van der Waals surface area contributed by atoms with Crippen LogP contribution in [0.1, 0.15) is 24.5 Å². The summed E-state index contributed by atoms with van der Waals surface area (Å²) in [6.45, 7) is 4.86. The van der Waals surface area contributed by atoms with Crippen molar-refractivity contribution in [3.8, 4) is 0 Å². The van der Waals surface area contributed by atoms with Crippen molar-refractivity contribution in [3.63, 3.8) is 0 Å². The molecule has 0 saturated carbocycles. The summed E-state index contributed by atoms with van der Waals surface area (Å²) in [4.78, 5) is 0. The molecule has 0 heterocycles. The molecule has 0 fully saturated rings. The number of nitrogens with two attached hydrogens (primary N) is 1. The smallest absolute Gasteiger partial charge is 0.123 e. The van der Waals surface area contributed by atoms with E-state index < -0.39 is 0 Å². The Labute approximate surface area is 95.2 Å². The summed E-state index contributed by atoms with van der Waals surface area (Å²) in [6, 6.07) is 4.98. The molecule has 1 atom stereocenters. The Hall–Kier alpha value is -0.540. The molecule has 3 heteroatoms. The van der Waals surface area contributed by atoms with E-state index in [4.69, 9.17) is 5.73 Å². The highest BCUT2D eigenvalue weighted by Gasteiger charge is 2.04. The first kappa shape index (κ1) is 12.5. The summed E-state index contributed by atoms with van der Waals surface area (Å²) in [5.41, 5.74) is 7.73. The monoisotopic (exact) mass is 227 g/mol. The van der Waals surface area contributed by atoms with Crippen LogP contribution in [0.2, 0.25) is 0 Å². The Morgan fingerprint density at radius 3 is 2.80 bits per heavy atom. The second-order valence-electron chi connectivity index (χ2n) is 3.77. The fraction of sp³-hybridized carbons (Fsp3) is 0.500. The molecule has 0 aliphatic rings. The Morgan fingerprint density at radius 1 is 1.47 bits per heavy atom. The number of hydrogen-bond acceptors (Lipinski definition) is 2. The minimum absolute atomic E-state index is 0.156. The van der Waals surface area contributed by atoms with Crippen LogP contribution in [0.3, 0.4) is 0 Å². The molecule has 0 aromatic heterocycles. The summed E-state index contributed by atoms with van der Waals surface area (Å²) in [6.07, 6.45) is 1.03. The summed E-state index contributed by atoms with van der Waals surface area (Å²) >= 11 is 1.87. The summed E-state index contributed by atoms with van der Waals surface area (Å²) in [5.74, 6) is 0.782. The predicted octanol–water partition coefficient (Wildman–Crippen LogP) is 3.10. The van der Waals surface area contributed by atoms with Crippen LogP contribution in [-0.2, 0) is 5.75 Å². The highest BCUT2D eigenvalue weighted by atomic mass is 32.2. The molecule has 0 aliphatic heterocycles. The first-order valence-corrected chi connectivity index (χ1v) is 6.25. The Morgan fingerprint density at radius 2 is 2.20 bits per heavy atom. The van der Waals surface area contributed by atoms with Gasteiger partial charge in [0.25, 0.3) is 0 Å². The number of aryl methyl sites for hydroxylation is 1. The van der Waals surface area contributed by atoms with Gasteiger partial charge in [-0.05, 0) is 43.1 Å². The first-order chi connectivity index (χ1) is 7.13. The molecule has 0 aliphatic carbocycles. The molecule has 1 aromatic carbocycles. The molecular weight excluding hydrogens is 209 g/mol. The van der Waals surface area contributed by atoms with E-state index in [1.165, 1.54) is 11.6 Å². The molecule has 1 aromatic rings. The maximum absolute atomic E-state index is 12.8. The molecule has 0 amide bonds. The minimum atomic E-state index is -0.156. The van der Waals surface area contributed by atoms with E-state index in [0.717, 1.165) is 24.3 Å². The zero-order chi connectivity index (χ0) is 11.3. The van der Waals surface area contributed by atoms with E-state index in [1.54, 1.807) is 6.07 Å². The molecule has 2 N–H and O–H groups in total. The van der Waals surface area contributed by atoms with Gasteiger partial charge in [0, 0.05) is 11.0 Å². The standard InChI is InChI=1S/C12H18FNS/c1-9-7-12(13)4-3-11(9)8-15-10(2)5-6-14/h3-4,7,10H,5-6,8,14H2,1-2H3. The van der Waals surface area contributed by atoms with Gasteiger partial charge in [0.05, 0.1) is 0 Å². The van der Waals surface area contributed by atoms with Crippen molar-refractivity contribution in [2.24, 2.45) is 5.73 Å². The number of thioether (sulfide) groups is 1. The van der Waals surface area contributed by atoms with Crippen LogP contribution in [-0.4, -0.2) is 11.8 Å². The maximum Gasteiger partial charge on any atom is 0.123 e. The predicted molar refractivity (Wildman–Crippen MR) is 65.6 cm³/mol. The number of hydrogen-bond donors (Lipinski definition) is 1. The second-order valence-corrected chi connectivity index (χ2v) is 5.20. The molecule has 0 saturated heterocycles. The van der Waals surface area contributed by atoms with Crippen LogP contribution in [0.4, 0.5) is 4.39 Å². The van der Waals surface area contributed by atoms with Crippen LogP contribution in [0.5, 0.6) is 0 Å². The van der Waals surface area contributed by atoms with Gasteiger partial charge in [-0.2, -0.15) is 11.8 Å². The van der Waals surface area contributed by atoms with Crippen LogP contribution in [0.15, 0.2) is 18.2 Å².